The third kappa shape index (κ3) is 4.60. The molecule has 2 N–H and O–H groups in total. The highest BCUT2D eigenvalue weighted by Gasteiger charge is 2.22. The average Bonchev–Trinajstić information content (AvgIpc) is 3.06. The van der Waals surface area contributed by atoms with Gasteiger partial charge in [-0.1, -0.05) is 23.7 Å². The van der Waals surface area contributed by atoms with Crippen LogP contribution in [-0.2, 0) is 17.6 Å². The Morgan fingerprint density at radius 2 is 2.17 bits per heavy atom. The first-order valence-corrected chi connectivity index (χ1v) is 9.13. The number of aromatic nitrogens is 2. The molecule has 3 rings (SSSR count). The molecule has 4 nitrogen and oxygen atoms in total. The number of nitrogens with zero attached hydrogens (tertiary/aromatic N) is 1. The Labute approximate surface area is 148 Å². The molecule has 1 aliphatic carbocycles. The average molecular weight is 346 g/mol. The number of halogens is 1. The van der Waals surface area contributed by atoms with Crippen LogP contribution in [-0.4, -0.2) is 22.4 Å². The summed E-state index contributed by atoms with van der Waals surface area (Å²) in [6, 6.07) is 7.82. The Balaban J connectivity index is 1.34. The number of H-pyrrole nitrogens is 1. The molecule has 0 bridgehead atoms. The van der Waals surface area contributed by atoms with Crippen LogP contribution in [0, 0.1) is 0 Å². The molecule has 24 heavy (non-hydrogen) atoms. The fraction of sp³-hybridized carbons (Fsp3) is 0.474. The number of hydrogen-bond donors (Lipinski definition) is 2. The lowest BCUT2D eigenvalue weighted by Gasteiger charge is -2.21. The number of benzene rings is 1. The molecule has 128 valence electrons. The van der Waals surface area contributed by atoms with Crippen molar-refractivity contribution in [2.75, 3.05) is 6.54 Å². The molecule has 1 aromatic carbocycles. The van der Waals surface area contributed by atoms with Crippen molar-refractivity contribution in [3.8, 4) is 0 Å². The predicted octanol–water partition coefficient (Wildman–Crippen LogP) is 4.01. The molecule has 1 amide bonds. The van der Waals surface area contributed by atoms with Crippen molar-refractivity contribution >= 4 is 17.5 Å². The Bertz CT molecular complexity index is 666. The summed E-state index contributed by atoms with van der Waals surface area (Å²) in [5, 5.41) is 3.80. The predicted molar refractivity (Wildman–Crippen MR) is 96.3 cm³/mol. The zero-order chi connectivity index (χ0) is 16.8. The molecule has 1 unspecified atom stereocenters. The van der Waals surface area contributed by atoms with E-state index >= 15 is 0 Å². The molecule has 2 aromatic rings. The lowest BCUT2D eigenvalue weighted by molar-refractivity contribution is -0.121. The van der Waals surface area contributed by atoms with E-state index < -0.39 is 0 Å². The Hall–Kier alpha value is -1.81. The molecular weight excluding hydrogens is 322 g/mol. The molecule has 0 spiro atoms. The Morgan fingerprint density at radius 3 is 3.00 bits per heavy atom. The lowest BCUT2D eigenvalue weighted by atomic mass is 9.87. The molecule has 0 saturated carbocycles. The van der Waals surface area contributed by atoms with E-state index in [1.165, 1.54) is 29.8 Å². The maximum Gasteiger partial charge on any atom is 0.220 e. The van der Waals surface area contributed by atoms with E-state index in [-0.39, 0.29) is 5.91 Å². The standard InChI is InChI=1S/C19H24ClN3O/c20-16-9-7-14(8-10-16)3-1-6-18(24)21-12-11-15-4-2-5-17-19(15)23-13-22-17/h7-10,13,15H,1-6,11-12H2,(H,21,24)(H,22,23). The van der Waals surface area contributed by atoms with Gasteiger partial charge in [0, 0.05) is 29.6 Å². The van der Waals surface area contributed by atoms with Gasteiger partial charge in [-0.25, -0.2) is 4.98 Å². The maximum absolute atomic E-state index is 12.0. The number of rotatable bonds is 7. The fourth-order valence-corrected chi connectivity index (χ4v) is 3.53. The zero-order valence-corrected chi connectivity index (χ0v) is 14.6. The molecule has 1 atom stereocenters. The van der Waals surface area contributed by atoms with Crippen LogP contribution < -0.4 is 5.32 Å². The number of aryl methyl sites for hydroxylation is 2. The number of hydrogen-bond acceptors (Lipinski definition) is 2. The number of carbonyl (C=O) groups is 1. The van der Waals surface area contributed by atoms with Crippen molar-refractivity contribution < 1.29 is 4.79 Å². The summed E-state index contributed by atoms with van der Waals surface area (Å²) in [6.45, 7) is 0.733. The van der Waals surface area contributed by atoms with Crippen LogP contribution in [0.15, 0.2) is 30.6 Å². The van der Waals surface area contributed by atoms with Gasteiger partial charge in [-0.15, -0.1) is 0 Å². The third-order valence-corrected chi connectivity index (χ3v) is 4.97. The number of amides is 1. The van der Waals surface area contributed by atoms with Gasteiger partial charge in [0.2, 0.25) is 5.91 Å². The molecular formula is C19H24ClN3O. The first-order valence-electron chi connectivity index (χ1n) is 8.75. The van der Waals surface area contributed by atoms with E-state index in [0.29, 0.717) is 12.3 Å². The summed E-state index contributed by atoms with van der Waals surface area (Å²) in [6.07, 6.45) is 8.58. The second-order valence-electron chi connectivity index (χ2n) is 6.47. The molecule has 0 radical (unpaired) electrons. The van der Waals surface area contributed by atoms with Crippen molar-refractivity contribution in [2.45, 2.75) is 50.9 Å². The van der Waals surface area contributed by atoms with Crippen LogP contribution in [0.3, 0.4) is 0 Å². The van der Waals surface area contributed by atoms with Crippen molar-refractivity contribution in [2.24, 2.45) is 0 Å². The van der Waals surface area contributed by atoms with Gasteiger partial charge in [0.1, 0.15) is 0 Å². The van der Waals surface area contributed by atoms with Crippen molar-refractivity contribution in [1.82, 2.24) is 15.3 Å². The number of nitrogens with one attached hydrogen (secondary N) is 2. The third-order valence-electron chi connectivity index (χ3n) is 4.72. The van der Waals surface area contributed by atoms with Crippen molar-refractivity contribution in [1.29, 1.82) is 0 Å². The van der Waals surface area contributed by atoms with Crippen LogP contribution in [0.1, 0.15) is 55.0 Å². The van der Waals surface area contributed by atoms with E-state index in [4.69, 9.17) is 11.6 Å². The summed E-state index contributed by atoms with van der Waals surface area (Å²) >= 11 is 5.87. The number of fused-ring (bicyclic) bond motifs is 1. The lowest BCUT2D eigenvalue weighted by Crippen LogP contribution is -2.26. The maximum atomic E-state index is 12.0. The molecule has 1 heterocycles. The highest BCUT2D eigenvalue weighted by atomic mass is 35.5. The Morgan fingerprint density at radius 1 is 1.33 bits per heavy atom. The second kappa shape index (κ2) is 8.34. The van der Waals surface area contributed by atoms with Crippen molar-refractivity contribution in [3.05, 3.63) is 52.6 Å². The first kappa shape index (κ1) is 17.0. The first-order chi connectivity index (χ1) is 11.7. The Kier molecular flexibility index (Phi) is 5.91. The van der Waals surface area contributed by atoms with Crippen LogP contribution in [0.5, 0.6) is 0 Å². The SMILES string of the molecule is O=C(CCCc1ccc(Cl)cc1)NCCC1CCCc2[nH]cnc21. The molecule has 0 fully saturated rings. The molecule has 1 aliphatic rings. The van der Waals surface area contributed by atoms with Gasteiger partial charge in [0.05, 0.1) is 12.0 Å². The monoisotopic (exact) mass is 345 g/mol. The summed E-state index contributed by atoms with van der Waals surface area (Å²) in [7, 11) is 0. The highest BCUT2D eigenvalue weighted by Crippen LogP contribution is 2.31. The van der Waals surface area contributed by atoms with E-state index in [2.05, 4.69) is 15.3 Å². The van der Waals surface area contributed by atoms with Gasteiger partial charge in [0.25, 0.3) is 0 Å². The van der Waals surface area contributed by atoms with Crippen LogP contribution >= 0.6 is 11.6 Å². The quantitative estimate of drug-likeness (QED) is 0.796. The summed E-state index contributed by atoms with van der Waals surface area (Å²) in [5.41, 5.74) is 3.71. The molecule has 0 aliphatic heterocycles. The van der Waals surface area contributed by atoms with Crippen LogP contribution in [0.25, 0.3) is 0 Å². The summed E-state index contributed by atoms with van der Waals surface area (Å²) in [5.74, 6) is 0.622. The molecule has 5 heteroatoms. The van der Waals surface area contributed by atoms with Gasteiger partial charge >= 0.3 is 0 Å². The van der Waals surface area contributed by atoms with Crippen LogP contribution in [0.2, 0.25) is 5.02 Å². The number of imidazole rings is 1. The van der Waals surface area contributed by atoms with E-state index in [1.807, 2.05) is 24.3 Å². The van der Waals surface area contributed by atoms with Gasteiger partial charge in [-0.05, 0) is 56.2 Å². The fourth-order valence-electron chi connectivity index (χ4n) is 3.41. The largest absolute Gasteiger partial charge is 0.356 e. The van der Waals surface area contributed by atoms with Gasteiger partial charge in [-0.3, -0.25) is 4.79 Å². The van der Waals surface area contributed by atoms with E-state index in [9.17, 15) is 4.79 Å². The van der Waals surface area contributed by atoms with Crippen molar-refractivity contribution in [3.63, 3.8) is 0 Å². The number of aromatic amines is 1. The second-order valence-corrected chi connectivity index (χ2v) is 6.91. The molecule has 0 saturated heterocycles. The summed E-state index contributed by atoms with van der Waals surface area (Å²) < 4.78 is 0. The highest BCUT2D eigenvalue weighted by molar-refractivity contribution is 6.30. The zero-order valence-electron chi connectivity index (χ0n) is 13.9. The normalized spacial score (nSPS) is 16.6. The van der Waals surface area contributed by atoms with E-state index in [1.54, 1.807) is 6.33 Å². The van der Waals surface area contributed by atoms with Crippen LogP contribution in [0.4, 0.5) is 0 Å². The van der Waals surface area contributed by atoms with Gasteiger partial charge in [-0.2, -0.15) is 0 Å². The van der Waals surface area contributed by atoms with Gasteiger partial charge in [0.15, 0.2) is 0 Å². The molecule has 1 aromatic heterocycles. The summed E-state index contributed by atoms with van der Waals surface area (Å²) in [4.78, 5) is 19.6. The van der Waals surface area contributed by atoms with Gasteiger partial charge < -0.3 is 10.3 Å². The topological polar surface area (TPSA) is 57.8 Å². The number of carbonyl (C=O) groups excluding carboxylic acids is 1. The minimum absolute atomic E-state index is 0.141. The smallest absolute Gasteiger partial charge is 0.220 e. The minimum Gasteiger partial charge on any atom is -0.356 e. The van der Waals surface area contributed by atoms with E-state index in [0.717, 1.165) is 37.3 Å². The minimum atomic E-state index is 0.141.